The molecule has 0 radical (unpaired) electrons. The molecule has 0 saturated heterocycles. The monoisotopic (exact) mass is 345 g/mol. The van der Waals surface area contributed by atoms with Gasteiger partial charge in [-0.1, -0.05) is 36.7 Å². The van der Waals surface area contributed by atoms with Crippen molar-refractivity contribution >= 4 is 5.71 Å². The summed E-state index contributed by atoms with van der Waals surface area (Å²) in [4.78, 5) is 0. The molecule has 0 aromatic rings. The number of aliphatic hydroxyl groups is 2. The fourth-order valence-electron chi connectivity index (χ4n) is 6.88. The third-order valence-corrected chi connectivity index (χ3v) is 8.30. The highest BCUT2D eigenvalue weighted by Gasteiger charge is 2.59. The maximum Gasteiger partial charge on any atom is 0.0799 e. The SMILES string of the molecule is C/C(=N\O)C1=CC[C@H]2[C@H]3CC=C4C[C@@H](O)C[C@@H](O)[C@]4(C)[C@@H]3CC[C@@]12C. The summed E-state index contributed by atoms with van der Waals surface area (Å²) in [6, 6.07) is 0. The maximum atomic E-state index is 10.9. The van der Waals surface area contributed by atoms with Crippen LogP contribution in [0.3, 0.4) is 0 Å². The van der Waals surface area contributed by atoms with Gasteiger partial charge in [0.1, 0.15) is 0 Å². The van der Waals surface area contributed by atoms with Crippen LogP contribution in [0, 0.1) is 28.6 Å². The predicted octanol–water partition coefficient (Wildman–Crippen LogP) is 3.67. The summed E-state index contributed by atoms with van der Waals surface area (Å²) < 4.78 is 0. The molecule has 0 bridgehead atoms. The van der Waals surface area contributed by atoms with Crippen molar-refractivity contribution in [1.29, 1.82) is 0 Å². The topological polar surface area (TPSA) is 73.1 Å². The van der Waals surface area contributed by atoms with Crippen LogP contribution in [0.25, 0.3) is 0 Å². The van der Waals surface area contributed by atoms with Crippen molar-refractivity contribution < 1.29 is 15.4 Å². The lowest BCUT2D eigenvalue weighted by Crippen LogP contribution is -2.55. The summed E-state index contributed by atoms with van der Waals surface area (Å²) in [6.07, 6.45) is 9.23. The third-order valence-electron chi connectivity index (χ3n) is 8.30. The van der Waals surface area contributed by atoms with E-state index in [-0.39, 0.29) is 10.8 Å². The first-order chi connectivity index (χ1) is 11.8. The molecule has 2 saturated carbocycles. The number of hydrogen-bond acceptors (Lipinski definition) is 4. The van der Waals surface area contributed by atoms with E-state index in [0.29, 0.717) is 24.2 Å². The largest absolute Gasteiger partial charge is 0.411 e. The lowest BCUT2D eigenvalue weighted by atomic mass is 9.46. The van der Waals surface area contributed by atoms with Crippen molar-refractivity contribution in [1.82, 2.24) is 0 Å². The Bertz CT molecular complexity index is 666. The van der Waals surface area contributed by atoms with Crippen LogP contribution in [0.1, 0.15) is 59.3 Å². The maximum absolute atomic E-state index is 10.9. The van der Waals surface area contributed by atoms with Gasteiger partial charge in [-0.15, -0.1) is 0 Å². The summed E-state index contributed by atoms with van der Waals surface area (Å²) in [5.74, 6) is 1.58. The summed E-state index contributed by atoms with van der Waals surface area (Å²) in [6.45, 7) is 6.47. The van der Waals surface area contributed by atoms with Gasteiger partial charge >= 0.3 is 0 Å². The van der Waals surface area contributed by atoms with Gasteiger partial charge in [0.25, 0.3) is 0 Å². The summed E-state index contributed by atoms with van der Waals surface area (Å²) in [5.41, 5.74) is 3.15. The molecule has 7 atom stereocenters. The zero-order chi connectivity index (χ0) is 18.0. The van der Waals surface area contributed by atoms with Crippen LogP contribution in [0.5, 0.6) is 0 Å². The number of oxime groups is 1. The predicted molar refractivity (Wildman–Crippen MR) is 97.5 cm³/mol. The fourth-order valence-corrected chi connectivity index (χ4v) is 6.88. The molecule has 0 heterocycles. The van der Waals surface area contributed by atoms with Gasteiger partial charge in [-0.05, 0) is 67.8 Å². The molecule has 0 unspecified atom stereocenters. The molecule has 4 heteroatoms. The molecule has 4 aliphatic carbocycles. The van der Waals surface area contributed by atoms with Crippen LogP contribution in [0.15, 0.2) is 28.5 Å². The normalized spacial score (nSPS) is 49.6. The van der Waals surface area contributed by atoms with Crippen molar-refractivity contribution in [2.45, 2.75) is 71.5 Å². The Morgan fingerprint density at radius 3 is 2.64 bits per heavy atom. The second-order valence-electron chi connectivity index (χ2n) is 9.23. The van der Waals surface area contributed by atoms with Crippen LogP contribution < -0.4 is 0 Å². The average molecular weight is 345 g/mol. The van der Waals surface area contributed by atoms with E-state index in [1.807, 2.05) is 6.92 Å². The molecule has 0 aromatic heterocycles. The molecular weight excluding hydrogens is 314 g/mol. The lowest BCUT2D eigenvalue weighted by molar-refractivity contribution is -0.0959. The smallest absolute Gasteiger partial charge is 0.0799 e. The minimum atomic E-state index is -0.450. The number of allylic oxidation sites excluding steroid dienone is 3. The second-order valence-corrected chi connectivity index (χ2v) is 9.23. The van der Waals surface area contributed by atoms with Gasteiger partial charge in [0.15, 0.2) is 0 Å². The zero-order valence-corrected chi connectivity index (χ0v) is 15.6. The van der Waals surface area contributed by atoms with Crippen LogP contribution in [0.2, 0.25) is 0 Å². The van der Waals surface area contributed by atoms with Gasteiger partial charge in [-0.2, -0.15) is 0 Å². The van der Waals surface area contributed by atoms with Crippen molar-refractivity contribution in [2.24, 2.45) is 33.7 Å². The average Bonchev–Trinajstić information content (AvgIpc) is 2.93. The Kier molecular flexibility index (Phi) is 3.93. The molecule has 2 fully saturated rings. The summed E-state index contributed by atoms with van der Waals surface area (Å²) in [7, 11) is 0. The molecule has 138 valence electrons. The molecule has 0 aliphatic heterocycles. The van der Waals surface area contributed by atoms with Crippen LogP contribution >= 0.6 is 0 Å². The van der Waals surface area contributed by atoms with E-state index in [2.05, 4.69) is 31.2 Å². The second kappa shape index (κ2) is 5.68. The summed E-state index contributed by atoms with van der Waals surface area (Å²) >= 11 is 0. The van der Waals surface area contributed by atoms with Gasteiger partial charge < -0.3 is 15.4 Å². The molecule has 0 aromatic carbocycles. The van der Waals surface area contributed by atoms with Crippen LogP contribution in [0.4, 0.5) is 0 Å². The van der Waals surface area contributed by atoms with Gasteiger partial charge in [0, 0.05) is 11.8 Å². The van der Waals surface area contributed by atoms with Gasteiger partial charge in [0.05, 0.1) is 17.9 Å². The van der Waals surface area contributed by atoms with Crippen LogP contribution in [-0.4, -0.2) is 33.3 Å². The first kappa shape index (κ1) is 17.3. The highest BCUT2D eigenvalue weighted by molar-refractivity contribution is 5.99. The standard InChI is InChI=1S/C21H31NO3/c1-12(22-25)16-6-7-17-15-5-4-13-10-14(23)11-19(24)21(13,3)18(15)8-9-20(16,17)2/h4,6,14-15,17-19,23-25H,5,7-11H2,1-3H3/b22-12+/t14-,15-,17+,18-,19-,20+,21+/m1/s1. The molecule has 4 aliphatic rings. The van der Waals surface area contributed by atoms with E-state index in [9.17, 15) is 15.4 Å². The van der Waals surface area contributed by atoms with Crippen molar-refractivity contribution in [3.05, 3.63) is 23.3 Å². The number of rotatable bonds is 1. The Morgan fingerprint density at radius 1 is 1.16 bits per heavy atom. The van der Waals surface area contributed by atoms with E-state index in [1.165, 1.54) is 11.1 Å². The van der Waals surface area contributed by atoms with Crippen molar-refractivity contribution in [3.8, 4) is 0 Å². The highest BCUT2D eigenvalue weighted by atomic mass is 16.4. The van der Waals surface area contributed by atoms with Gasteiger partial charge in [-0.25, -0.2) is 0 Å². The molecular formula is C21H31NO3. The van der Waals surface area contributed by atoms with Gasteiger partial charge in [-0.3, -0.25) is 0 Å². The Hall–Kier alpha value is -1.13. The number of fused-ring (bicyclic) bond motifs is 5. The summed E-state index contributed by atoms with van der Waals surface area (Å²) in [5, 5.41) is 33.7. The molecule has 25 heavy (non-hydrogen) atoms. The van der Waals surface area contributed by atoms with E-state index >= 15 is 0 Å². The van der Waals surface area contributed by atoms with Crippen molar-refractivity contribution in [3.63, 3.8) is 0 Å². The van der Waals surface area contributed by atoms with E-state index in [1.54, 1.807) is 0 Å². The molecule has 4 rings (SSSR count). The Balaban J connectivity index is 1.69. The van der Waals surface area contributed by atoms with Crippen LogP contribution in [-0.2, 0) is 0 Å². The number of aliphatic hydroxyl groups excluding tert-OH is 2. The highest BCUT2D eigenvalue weighted by Crippen LogP contribution is 2.65. The minimum Gasteiger partial charge on any atom is -0.411 e. The third kappa shape index (κ3) is 2.23. The Labute approximate surface area is 150 Å². The lowest BCUT2D eigenvalue weighted by Gasteiger charge is -2.59. The number of nitrogens with zero attached hydrogens (tertiary/aromatic N) is 1. The first-order valence-corrected chi connectivity index (χ1v) is 9.77. The van der Waals surface area contributed by atoms with E-state index in [4.69, 9.17) is 0 Å². The first-order valence-electron chi connectivity index (χ1n) is 9.77. The number of hydrogen-bond donors (Lipinski definition) is 3. The van der Waals surface area contributed by atoms with Crippen molar-refractivity contribution in [2.75, 3.05) is 0 Å². The minimum absolute atomic E-state index is 0.0817. The molecule has 0 spiro atoms. The van der Waals surface area contributed by atoms with Gasteiger partial charge in [0.2, 0.25) is 0 Å². The van der Waals surface area contributed by atoms with E-state index in [0.717, 1.165) is 37.8 Å². The fraction of sp³-hybridized carbons (Fsp3) is 0.762. The van der Waals surface area contributed by atoms with E-state index < -0.39 is 12.2 Å². The molecule has 3 N–H and O–H groups in total. The molecule has 0 amide bonds. The molecule has 4 nitrogen and oxygen atoms in total. The zero-order valence-electron chi connectivity index (χ0n) is 15.6. The Morgan fingerprint density at radius 2 is 1.92 bits per heavy atom. The quantitative estimate of drug-likeness (QED) is 0.294.